The van der Waals surface area contributed by atoms with Gasteiger partial charge in [0.05, 0.1) is 5.56 Å². The predicted molar refractivity (Wildman–Crippen MR) is 61.1 cm³/mol. The number of allylic oxidation sites excluding steroid dienone is 2. The maximum Gasteiger partial charge on any atom is 0.343 e. The molecule has 0 bridgehead atoms. The van der Waals surface area contributed by atoms with E-state index in [4.69, 9.17) is 4.42 Å². The van der Waals surface area contributed by atoms with Crippen LogP contribution in [0.5, 0.6) is 0 Å². The lowest BCUT2D eigenvalue weighted by atomic mass is 9.95. The van der Waals surface area contributed by atoms with Crippen molar-refractivity contribution in [3.05, 3.63) is 38.4 Å². The molecule has 0 saturated carbocycles. The van der Waals surface area contributed by atoms with Gasteiger partial charge in [0, 0.05) is 5.92 Å². The minimum atomic E-state index is -0.186. The van der Waals surface area contributed by atoms with Crippen LogP contribution in [0.25, 0.3) is 5.57 Å². The van der Waals surface area contributed by atoms with Crippen molar-refractivity contribution < 1.29 is 4.42 Å². The second-order valence-corrected chi connectivity index (χ2v) is 4.39. The zero-order chi connectivity index (χ0) is 11.3. The average Bonchev–Trinajstić information content (AvgIpc) is 2.40. The molecule has 1 unspecified atom stereocenters. The fraction of sp³-hybridized carbons (Fsp3) is 0.462. The molecule has 2 heteroatoms. The zero-order valence-electron chi connectivity index (χ0n) is 9.89. The van der Waals surface area contributed by atoms with Crippen molar-refractivity contribution >= 4 is 5.57 Å². The third-order valence-electron chi connectivity index (χ3n) is 3.70. The number of aryl methyl sites for hydroxylation is 1. The molecule has 1 aromatic heterocycles. The zero-order valence-corrected chi connectivity index (χ0v) is 9.89. The van der Waals surface area contributed by atoms with E-state index in [2.05, 4.69) is 13.8 Å². The molecule has 0 amide bonds. The molecule has 0 spiro atoms. The minimum absolute atomic E-state index is 0.186. The van der Waals surface area contributed by atoms with Crippen LogP contribution < -0.4 is 5.63 Å². The maximum atomic E-state index is 11.8. The molecule has 2 nitrogen and oxygen atoms in total. The number of rotatable bonds is 0. The molecule has 1 heterocycles. The molecule has 0 N–H and O–H groups in total. The molecule has 80 valence electrons. The first kappa shape index (κ1) is 10.2. The van der Waals surface area contributed by atoms with Gasteiger partial charge >= 0.3 is 5.63 Å². The summed E-state index contributed by atoms with van der Waals surface area (Å²) in [5.74, 6) is 1.09. The molecular weight excluding hydrogens is 188 g/mol. The highest BCUT2D eigenvalue weighted by atomic mass is 16.4. The number of hydrogen-bond acceptors (Lipinski definition) is 2. The quantitative estimate of drug-likeness (QED) is 0.649. The van der Waals surface area contributed by atoms with Crippen molar-refractivity contribution in [1.29, 1.82) is 0 Å². The summed E-state index contributed by atoms with van der Waals surface area (Å²) in [6.45, 7) is 10.1. The topological polar surface area (TPSA) is 30.2 Å². The smallest absolute Gasteiger partial charge is 0.343 e. The van der Waals surface area contributed by atoms with Crippen LogP contribution in [0.15, 0.2) is 14.8 Å². The molecule has 1 atom stereocenters. The summed E-state index contributed by atoms with van der Waals surface area (Å²) in [7, 11) is 0. The first-order chi connectivity index (χ1) is 6.95. The lowest BCUT2D eigenvalue weighted by Crippen LogP contribution is -2.10. The SMILES string of the molecule is CC1=C(C)C(C)c2c(C)c(C)oc(=O)c21. The summed E-state index contributed by atoms with van der Waals surface area (Å²) in [6, 6.07) is 0. The van der Waals surface area contributed by atoms with Gasteiger partial charge in [0.15, 0.2) is 0 Å². The van der Waals surface area contributed by atoms with Crippen LogP contribution in [0.2, 0.25) is 0 Å². The van der Waals surface area contributed by atoms with Crippen LogP contribution in [-0.4, -0.2) is 0 Å². The van der Waals surface area contributed by atoms with Crippen LogP contribution in [-0.2, 0) is 0 Å². The highest BCUT2D eigenvalue weighted by Crippen LogP contribution is 2.41. The maximum absolute atomic E-state index is 11.8. The number of fused-ring (bicyclic) bond motifs is 1. The van der Waals surface area contributed by atoms with Crippen molar-refractivity contribution in [2.45, 2.75) is 40.5 Å². The molecule has 0 saturated heterocycles. The molecule has 1 aliphatic carbocycles. The van der Waals surface area contributed by atoms with Crippen molar-refractivity contribution in [1.82, 2.24) is 0 Å². The van der Waals surface area contributed by atoms with Crippen molar-refractivity contribution in [3.8, 4) is 0 Å². The summed E-state index contributed by atoms with van der Waals surface area (Å²) in [6.07, 6.45) is 0. The molecule has 1 aromatic rings. The van der Waals surface area contributed by atoms with Crippen LogP contribution in [0.4, 0.5) is 0 Å². The Morgan fingerprint density at radius 1 is 1.13 bits per heavy atom. The van der Waals surface area contributed by atoms with Crippen molar-refractivity contribution in [3.63, 3.8) is 0 Å². The normalized spacial score (nSPS) is 19.7. The Morgan fingerprint density at radius 2 is 1.73 bits per heavy atom. The van der Waals surface area contributed by atoms with Gasteiger partial charge in [0.2, 0.25) is 0 Å². The Balaban J connectivity index is 2.88. The van der Waals surface area contributed by atoms with Gasteiger partial charge in [-0.15, -0.1) is 0 Å². The fourth-order valence-electron chi connectivity index (χ4n) is 2.39. The van der Waals surface area contributed by atoms with Crippen molar-refractivity contribution in [2.75, 3.05) is 0 Å². The predicted octanol–water partition coefficient (Wildman–Crippen LogP) is 3.17. The van der Waals surface area contributed by atoms with E-state index in [1.807, 2.05) is 20.8 Å². The van der Waals surface area contributed by atoms with E-state index in [9.17, 15) is 4.79 Å². The summed E-state index contributed by atoms with van der Waals surface area (Å²) < 4.78 is 5.23. The summed E-state index contributed by atoms with van der Waals surface area (Å²) in [5.41, 5.74) is 5.27. The third kappa shape index (κ3) is 1.21. The van der Waals surface area contributed by atoms with E-state index in [1.54, 1.807) is 0 Å². The van der Waals surface area contributed by atoms with Gasteiger partial charge < -0.3 is 4.42 Å². The Kier molecular flexibility index (Phi) is 2.10. The lowest BCUT2D eigenvalue weighted by molar-refractivity contribution is 0.471. The highest BCUT2D eigenvalue weighted by molar-refractivity contribution is 5.76. The molecule has 0 aromatic carbocycles. The molecule has 15 heavy (non-hydrogen) atoms. The first-order valence-corrected chi connectivity index (χ1v) is 5.27. The molecule has 0 fully saturated rings. The summed E-state index contributed by atoms with van der Waals surface area (Å²) in [4.78, 5) is 11.8. The van der Waals surface area contributed by atoms with E-state index < -0.39 is 0 Å². The average molecular weight is 204 g/mol. The van der Waals surface area contributed by atoms with E-state index >= 15 is 0 Å². The van der Waals surface area contributed by atoms with Crippen LogP contribution in [0, 0.1) is 13.8 Å². The second-order valence-electron chi connectivity index (χ2n) is 4.39. The van der Waals surface area contributed by atoms with Crippen molar-refractivity contribution in [2.24, 2.45) is 0 Å². The fourth-order valence-corrected chi connectivity index (χ4v) is 2.39. The Bertz CT molecular complexity index is 518. The number of hydrogen-bond donors (Lipinski definition) is 0. The molecule has 0 aliphatic heterocycles. The van der Waals surface area contributed by atoms with Crippen LogP contribution >= 0.6 is 0 Å². The second kappa shape index (κ2) is 3.09. The standard InChI is InChI=1S/C13H16O2/c1-6-7(2)11-9(4)10(5)15-13(14)12(11)8(6)3/h7H,1-5H3. The minimum Gasteiger partial charge on any atom is -0.427 e. The first-order valence-electron chi connectivity index (χ1n) is 5.27. The molecule has 2 rings (SSSR count). The lowest BCUT2D eigenvalue weighted by Gasteiger charge is -2.11. The molecule has 0 radical (unpaired) electrons. The Morgan fingerprint density at radius 3 is 2.33 bits per heavy atom. The van der Waals surface area contributed by atoms with Crippen LogP contribution in [0.3, 0.4) is 0 Å². The Labute approximate surface area is 89.6 Å². The van der Waals surface area contributed by atoms with Gasteiger partial charge in [0.25, 0.3) is 0 Å². The van der Waals surface area contributed by atoms with E-state index in [1.165, 1.54) is 11.1 Å². The van der Waals surface area contributed by atoms with E-state index in [0.29, 0.717) is 5.92 Å². The third-order valence-corrected chi connectivity index (χ3v) is 3.70. The highest BCUT2D eigenvalue weighted by Gasteiger charge is 2.29. The van der Waals surface area contributed by atoms with Gasteiger partial charge in [-0.05, 0) is 44.4 Å². The van der Waals surface area contributed by atoms with E-state index in [0.717, 1.165) is 22.5 Å². The summed E-state index contributed by atoms with van der Waals surface area (Å²) in [5, 5.41) is 0. The van der Waals surface area contributed by atoms with Gasteiger partial charge in [-0.1, -0.05) is 12.5 Å². The van der Waals surface area contributed by atoms with Crippen LogP contribution in [0.1, 0.15) is 49.1 Å². The monoisotopic (exact) mass is 204 g/mol. The van der Waals surface area contributed by atoms with Gasteiger partial charge in [-0.25, -0.2) is 4.79 Å². The molecule has 1 aliphatic rings. The van der Waals surface area contributed by atoms with Gasteiger partial charge in [0.1, 0.15) is 5.76 Å². The Hall–Kier alpha value is -1.31. The summed E-state index contributed by atoms with van der Waals surface area (Å²) >= 11 is 0. The van der Waals surface area contributed by atoms with Gasteiger partial charge in [-0.2, -0.15) is 0 Å². The van der Waals surface area contributed by atoms with Gasteiger partial charge in [-0.3, -0.25) is 0 Å². The largest absolute Gasteiger partial charge is 0.427 e. The van der Waals surface area contributed by atoms with E-state index in [-0.39, 0.29) is 5.63 Å². The molecular formula is C13H16O2.